The number of anilines is 1. The Hall–Kier alpha value is -3.23. The van der Waals surface area contributed by atoms with Crippen molar-refractivity contribution in [3.8, 4) is 11.6 Å². The maximum absolute atomic E-state index is 12.2. The number of hydrogen-bond acceptors (Lipinski definition) is 6. The minimum atomic E-state index is -1.35. The molecule has 3 aromatic rings. The molecule has 0 radical (unpaired) electrons. The van der Waals surface area contributed by atoms with Gasteiger partial charge in [-0.05, 0) is 18.2 Å². The van der Waals surface area contributed by atoms with E-state index in [1.54, 1.807) is 18.2 Å². The summed E-state index contributed by atoms with van der Waals surface area (Å²) >= 11 is 12.1. The van der Waals surface area contributed by atoms with Gasteiger partial charge >= 0.3 is 5.97 Å². The second kappa shape index (κ2) is 7.98. The van der Waals surface area contributed by atoms with Crippen LogP contribution in [0.2, 0.25) is 10.0 Å². The van der Waals surface area contributed by atoms with Crippen molar-refractivity contribution in [3.05, 3.63) is 70.4 Å². The lowest BCUT2D eigenvalue weighted by Gasteiger charge is -2.09. The number of aromatic carboxylic acids is 1. The Morgan fingerprint density at radius 2 is 1.63 bits per heavy atom. The van der Waals surface area contributed by atoms with E-state index < -0.39 is 17.6 Å². The zero-order valence-corrected chi connectivity index (χ0v) is 14.9. The van der Waals surface area contributed by atoms with Gasteiger partial charge in [0.25, 0.3) is 5.91 Å². The molecule has 1 aromatic carbocycles. The molecule has 0 atom stereocenters. The van der Waals surface area contributed by atoms with Crippen LogP contribution in [0.3, 0.4) is 0 Å². The van der Waals surface area contributed by atoms with Crippen LogP contribution >= 0.6 is 23.2 Å². The third kappa shape index (κ3) is 4.30. The normalized spacial score (nSPS) is 10.3. The summed E-state index contributed by atoms with van der Waals surface area (Å²) in [5.41, 5.74) is -0.455. The van der Waals surface area contributed by atoms with E-state index in [2.05, 4.69) is 20.3 Å². The van der Waals surface area contributed by atoms with Gasteiger partial charge in [-0.25, -0.2) is 19.7 Å². The van der Waals surface area contributed by atoms with Crippen molar-refractivity contribution in [1.29, 1.82) is 0 Å². The van der Waals surface area contributed by atoms with Crippen molar-refractivity contribution in [2.24, 2.45) is 0 Å². The van der Waals surface area contributed by atoms with Crippen LogP contribution in [0.15, 0.2) is 48.9 Å². The smallest absolute Gasteiger partial charge is 0.356 e. The summed E-state index contributed by atoms with van der Waals surface area (Å²) in [6, 6.07) is 7.93. The number of hydrogen-bond donors (Lipinski definition) is 2. The minimum absolute atomic E-state index is 0.203. The molecule has 136 valence electrons. The Morgan fingerprint density at radius 1 is 0.963 bits per heavy atom. The molecule has 8 nitrogen and oxygen atoms in total. The van der Waals surface area contributed by atoms with E-state index in [0.29, 0.717) is 15.7 Å². The number of carboxylic acid groups (broad SMARTS) is 1. The number of aromatic nitrogens is 3. The molecule has 2 heterocycles. The lowest BCUT2D eigenvalue weighted by Crippen LogP contribution is -2.19. The fourth-order valence-corrected chi connectivity index (χ4v) is 2.52. The summed E-state index contributed by atoms with van der Waals surface area (Å²) in [6.07, 6.45) is 3.74. The van der Waals surface area contributed by atoms with Crippen molar-refractivity contribution < 1.29 is 19.4 Å². The molecule has 0 fully saturated rings. The highest BCUT2D eigenvalue weighted by Crippen LogP contribution is 2.35. The average molecular weight is 405 g/mol. The van der Waals surface area contributed by atoms with Crippen LogP contribution in [0.5, 0.6) is 11.6 Å². The Balaban J connectivity index is 1.75. The molecule has 10 heteroatoms. The standard InChI is InChI=1S/C17H10Cl2N4O4/c18-10-2-1-3-11(19)15(10)27-12-5-4-9(8-22-12)23-16(24)13-14(17(25)26)21-7-6-20-13/h1-8H,(H,23,24)(H,25,26). The number of nitrogens with one attached hydrogen (secondary N) is 1. The molecule has 0 saturated carbocycles. The van der Waals surface area contributed by atoms with Gasteiger partial charge in [0.1, 0.15) is 0 Å². The molecule has 3 rings (SSSR count). The van der Waals surface area contributed by atoms with E-state index in [0.717, 1.165) is 0 Å². The van der Waals surface area contributed by atoms with Crippen molar-refractivity contribution >= 4 is 40.8 Å². The molecule has 27 heavy (non-hydrogen) atoms. The molecule has 2 N–H and O–H groups in total. The third-order valence-electron chi connectivity index (χ3n) is 3.24. The van der Waals surface area contributed by atoms with E-state index in [-0.39, 0.29) is 17.3 Å². The van der Waals surface area contributed by atoms with Gasteiger partial charge in [0, 0.05) is 18.5 Å². The molecule has 0 aliphatic heterocycles. The third-order valence-corrected chi connectivity index (χ3v) is 3.83. The predicted molar refractivity (Wildman–Crippen MR) is 97.7 cm³/mol. The number of pyridine rings is 1. The largest absolute Gasteiger partial charge is 0.476 e. The number of carbonyl (C=O) groups is 2. The molecule has 0 aliphatic rings. The Morgan fingerprint density at radius 3 is 2.22 bits per heavy atom. The van der Waals surface area contributed by atoms with Gasteiger partial charge in [-0.1, -0.05) is 29.3 Å². The highest BCUT2D eigenvalue weighted by atomic mass is 35.5. The van der Waals surface area contributed by atoms with E-state index >= 15 is 0 Å². The lowest BCUT2D eigenvalue weighted by molar-refractivity contribution is 0.0685. The first-order valence-corrected chi connectivity index (χ1v) is 8.15. The van der Waals surface area contributed by atoms with Gasteiger partial charge < -0.3 is 15.2 Å². The van der Waals surface area contributed by atoms with Crippen LogP contribution in [0.4, 0.5) is 5.69 Å². The highest BCUT2D eigenvalue weighted by molar-refractivity contribution is 6.37. The van der Waals surface area contributed by atoms with Gasteiger partial charge in [0.05, 0.1) is 21.9 Å². The number of carbonyl (C=O) groups excluding carboxylic acids is 1. The van der Waals surface area contributed by atoms with Gasteiger partial charge in [-0.3, -0.25) is 4.79 Å². The molecule has 0 spiro atoms. The fraction of sp³-hybridized carbons (Fsp3) is 0. The first-order chi connectivity index (χ1) is 13.0. The van der Waals surface area contributed by atoms with Gasteiger partial charge in [0.15, 0.2) is 17.1 Å². The Bertz CT molecular complexity index is 992. The van der Waals surface area contributed by atoms with Gasteiger partial charge in [0.2, 0.25) is 5.88 Å². The fourth-order valence-electron chi connectivity index (χ4n) is 2.05. The SMILES string of the molecule is O=C(O)c1nccnc1C(=O)Nc1ccc(Oc2c(Cl)cccc2Cl)nc1. The molecule has 0 unspecified atom stereocenters. The number of halogens is 2. The number of para-hydroxylation sites is 1. The van der Waals surface area contributed by atoms with Crippen LogP contribution in [-0.2, 0) is 0 Å². The van der Waals surface area contributed by atoms with Gasteiger partial charge in [-0.2, -0.15) is 0 Å². The summed E-state index contributed by atoms with van der Waals surface area (Å²) in [5, 5.41) is 12.2. The van der Waals surface area contributed by atoms with Crippen molar-refractivity contribution in [3.63, 3.8) is 0 Å². The monoisotopic (exact) mass is 404 g/mol. The van der Waals surface area contributed by atoms with Gasteiger partial charge in [-0.15, -0.1) is 0 Å². The summed E-state index contributed by atoms with van der Waals surface area (Å²) in [6.45, 7) is 0. The summed E-state index contributed by atoms with van der Waals surface area (Å²) < 4.78 is 5.55. The number of ether oxygens (including phenoxy) is 1. The zero-order valence-electron chi connectivity index (χ0n) is 13.4. The Kier molecular flexibility index (Phi) is 5.49. The van der Waals surface area contributed by atoms with E-state index in [1.807, 2.05) is 0 Å². The van der Waals surface area contributed by atoms with Crippen LogP contribution in [0, 0.1) is 0 Å². The Labute approximate surface area is 162 Å². The van der Waals surface area contributed by atoms with E-state index in [4.69, 9.17) is 33.0 Å². The number of rotatable bonds is 5. The molecular formula is C17H10Cl2N4O4. The number of carboxylic acids is 1. The van der Waals surface area contributed by atoms with Crippen molar-refractivity contribution in [2.45, 2.75) is 0 Å². The maximum atomic E-state index is 12.2. The molecule has 0 saturated heterocycles. The minimum Gasteiger partial charge on any atom is -0.476 e. The van der Waals surface area contributed by atoms with E-state index in [9.17, 15) is 9.59 Å². The molecule has 0 bridgehead atoms. The molecule has 0 aliphatic carbocycles. The molecule has 1 amide bonds. The second-order valence-electron chi connectivity index (χ2n) is 5.05. The first kappa shape index (κ1) is 18.6. The first-order valence-electron chi connectivity index (χ1n) is 7.39. The van der Waals surface area contributed by atoms with Crippen molar-refractivity contribution in [2.75, 3.05) is 5.32 Å². The quantitative estimate of drug-likeness (QED) is 0.661. The number of benzene rings is 1. The van der Waals surface area contributed by atoms with Crippen LogP contribution in [-0.4, -0.2) is 31.9 Å². The van der Waals surface area contributed by atoms with Crippen LogP contribution < -0.4 is 10.1 Å². The second-order valence-corrected chi connectivity index (χ2v) is 5.87. The average Bonchev–Trinajstić information content (AvgIpc) is 2.66. The number of nitrogens with zero attached hydrogens (tertiary/aromatic N) is 3. The topological polar surface area (TPSA) is 114 Å². The summed E-state index contributed by atoms with van der Waals surface area (Å²) in [4.78, 5) is 34.8. The summed E-state index contributed by atoms with van der Waals surface area (Å²) in [5.74, 6) is -1.62. The number of amides is 1. The predicted octanol–water partition coefficient (Wildman–Crippen LogP) is 3.92. The van der Waals surface area contributed by atoms with Crippen molar-refractivity contribution in [1.82, 2.24) is 15.0 Å². The van der Waals surface area contributed by atoms with Crippen LogP contribution in [0.1, 0.15) is 21.0 Å². The van der Waals surface area contributed by atoms with E-state index in [1.165, 1.54) is 30.7 Å². The lowest BCUT2D eigenvalue weighted by atomic mass is 10.2. The highest BCUT2D eigenvalue weighted by Gasteiger charge is 2.19. The maximum Gasteiger partial charge on any atom is 0.356 e. The molecule has 2 aromatic heterocycles. The summed E-state index contributed by atoms with van der Waals surface area (Å²) in [7, 11) is 0. The zero-order chi connectivity index (χ0) is 19.4. The molecular weight excluding hydrogens is 395 g/mol. The van der Waals surface area contributed by atoms with Crippen LogP contribution in [0.25, 0.3) is 0 Å².